The number of aromatic nitrogens is 1. The van der Waals surface area contributed by atoms with E-state index in [0.29, 0.717) is 12.6 Å². The van der Waals surface area contributed by atoms with Crippen molar-refractivity contribution in [3.05, 3.63) is 34.4 Å². The second-order valence-corrected chi connectivity index (χ2v) is 5.06. The first-order chi connectivity index (χ1) is 7.29. The van der Waals surface area contributed by atoms with Gasteiger partial charge in [0, 0.05) is 33.7 Å². The van der Waals surface area contributed by atoms with Crippen LogP contribution in [0.25, 0.3) is 10.9 Å². The van der Waals surface area contributed by atoms with Crippen LogP contribution in [0.15, 0.2) is 28.7 Å². The van der Waals surface area contributed by atoms with Crippen LogP contribution in [0.3, 0.4) is 0 Å². The average Bonchev–Trinajstić information content (AvgIpc) is 2.99. The van der Waals surface area contributed by atoms with Crippen molar-refractivity contribution in [1.29, 1.82) is 0 Å². The summed E-state index contributed by atoms with van der Waals surface area (Å²) in [7, 11) is 0. The van der Waals surface area contributed by atoms with Crippen LogP contribution in [0, 0.1) is 0 Å². The predicted octanol–water partition coefficient (Wildman–Crippen LogP) is 3.20. The van der Waals surface area contributed by atoms with Gasteiger partial charge in [-0.25, -0.2) is 0 Å². The normalized spacial score (nSPS) is 16.1. The van der Waals surface area contributed by atoms with E-state index in [4.69, 9.17) is 5.73 Å². The van der Waals surface area contributed by atoms with Gasteiger partial charge in [0.2, 0.25) is 0 Å². The Labute approximate surface area is 97.2 Å². The van der Waals surface area contributed by atoms with Crippen molar-refractivity contribution in [2.24, 2.45) is 5.73 Å². The van der Waals surface area contributed by atoms with E-state index in [1.54, 1.807) is 0 Å². The molecule has 2 aromatic rings. The highest BCUT2D eigenvalue weighted by molar-refractivity contribution is 9.10. The Balaban J connectivity index is 2.28. The van der Waals surface area contributed by atoms with Crippen molar-refractivity contribution in [2.75, 3.05) is 0 Å². The number of rotatable bonds is 2. The zero-order valence-electron chi connectivity index (χ0n) is 8.41. The van der Waals surface area contributed by atoms with Crippen LogP contribution in [-0.2, 0) is 6.54 Å². The molecular weight excluding hydrogens is 252 g/mol. The Hall–Kier alpha value is -0.800. The highest BCUT2D eigenvalue weighted by Gasteiger charge is 2.26. The maximum Gasteiger partial charge on any atom is 0.0486 e. The van der Waals surface area contributed by atoms with Gasteiger partial charge < -0.3 is 10.3 Å². The third kappa shape index (κ3) is 1.50. The minimum absolute atomic E-state index is 0.628. The van der Waals surface area contributed by atoms with Gasteiger partial charge in [-0.05, 0) is 37.1 Å². The van der Waals surface area contributed by atoms with E-state index in [-0.39, 0.29) is 0 Å². The summed E-state index contributed by atoms with van der Waals surface area (Å²) < 4.78 is 3.54. The molecule has 1 aliphatic rings. The molecule has 1 aliphatic carbocycles. The number of nitrogens with zero attached hydrogens (tertiary/aromatic N) is 1. The summed E-state index contributed by atoms with van der Waals surface area (Å²) in [5.41, 5.74) is 8.36. The predicted molar refractivity (Wildman–Crippen MR) is 65.8 cm³/mol. The highest BCUT2D eigenvalue weighted by Crippen LogP contribution is 2.39. The van der Waals surface area contributed by atoms with Gasteiger partial charge in [-0.1, -0.05) is 15.9 Å². The van der Waals surface area contributed by atoms with Gasteiger partial charge >= 0.3 is 0 Å². The fourth-order valence-corrected chi connectivity index (χ4v) is 2.56. The molecule has 15 heavy (non-hydrogen) atoms. The van der Waals surface area contributed by atoms with Gasteiger partial charge in [0.25, 0.3) is 0 Å². The fraction of sp³-hybridized carbons (Fsp3) is 0.333. The maximum absolute atomic E-state index is 5.79. The molecule has 0 atom stereocenters. The zero-order chi connectivity index (χ0) is 10.4. The number of hydrogen-bond donors (Lipinski definition) is 1. The number of fused-ring (bicyclic) bond motifs is 1. The second-order valence-electron chi connectivity index (χ2n) is 4.14. The molecule has 78 valence electrons. The summed E-state index contributed by atoms with van der Waals surface area (Å²) in [6.07, 6.45) is 2.60. The van der Waals surface area contributed by atoms with E-state index in [1.807, 2.05) is 0 Å². The molecule has 1 aromatic heterocycles. The minimum atomic E-state index is 0.628. The Bertz CT molecular complexity index is 512. The number of hydrogen-bond acceptors (Lipinski definition) is 1. The van der Waals surface area contributed by atoms with Crippen LogP contribution < -0.4 is 5.73 Å². The Kier molecular flexibility index (Phi) is 2.11. The fourth-order valence-electron chi connectivity index (χ4n) is 2.19. The summed E-state index contributed by atoms with van der Waals surface area (Å²) in [5.74, 6) is 0. The van der Waals surface area contributed by atoms with Crippen LogP contribution in [0.4, 0.5) is 0 Å². The summed E-state index contributed by atoms with van der Waals surface area (Å²) in [6.45, 7) is 0.628. The Morgan fingerprint density at radius 1 is 1.33 bits per heavy atom. The third-order valence-electron chi connectivity index (χ3n) is 3.00. The van der Waals surface area contributed by atoms with Crippen molar-refractivity contribution in [3.63, 3.8) is 0 Å². The standard InChI is InChI=1S/C12H13BrN2/c13-9-1-4-12-8(5-9)6-11(7-14)15(12)10-2-3-10/h1,4-6,10H,2-3,7,14H2. The largest absolute Gasteiger partial charge is 0.340 e. The quantitative estimate of drug-likeness (QED) is 0.888. The first-order valence-corrected chi connectivity index (χ1v) is 6.08. The molecule has 0 aliphatic heterocycles. The third-order valence-corrected chi connectivity index (χ3v) is 3.50. The highest BCUT2D eigenvalue weighted by atomic mass is 79.9. The molecule has 1 heterocycles. The molecule has 0 saturated heterocycles. The van der Waals surface area contributed by atoms with Crippen molar-refractivity contribution in [1.82, 2.24) is 4.57 Å². The molecule has 3 rings (SSSR count). The topological polar surface area (TPSA) is 30.9 Å². The van der Waals surface area contributed by atoms with Crippen LogP contribution in [0.2, 0.25) is 0 Å². The number of nitrogens with two attached hydrogens (primary N) is 1. The van der Waals surface area contributed by atoms with Crippen LogP contribution in [0.5, 0.6) is 0 Å². The summed E-state index contributed by atoms with van der Waals surface area (Å²) >= 11 is 3.50. The molecule has 1 aromatic carbocycles. The van der Waals surface area contributed by atoms with E-state index >= 15 is 0 Å². The number of halogens is 1. The molecule has 2 nitrogen and oxygen atoms in total. The lowest BCUT2D eigenvalue weighted by molar-refractivity contribution is 0.721. The van der Waals surface area contributed by atoms with E-state index in [1.165, 1.54) is 29.4 Å². The van der Waals surface area contributed by atoms with Gasteiger partial charge in [-0.2, -0.15) is 0 Å². The monoisotopic (exact) mass is 264 g/mol. The summed E-state index contributed by atoms with van der Waals surface area (Å²) in [4.78, 5) is 0. The van der Waals surface area contributed by atoms with Crippen LogP contribution >= 0.6 is 15.9 Å². The van der Waals surface area contributed by atoms with Crippen molar-refractivity contribution in [2.45, 2.75) is 25.4 Å². The van der Waals surface area contributed by atoms with Crippen LogP contribution in [0.1, 0.15) is 24.6 Å². The molecule has 0 spiro atoms. The molecule has 0 unspecified atom stereocenters. The van der Waals surface area contributed by atoms with Crippen molar-refractivity contribution < 1.29 is 0 Å². The van der Waals surface area contributed by atoms with E-state index in [0.717, 1.165) is 4.47 Å². The maximum atomic E-state index is 5.79. The Morgan fingerprint density at radius 3 is 2.80 bits per heavy atom. The molecule has 0 radical (unpaired) electrons. The molecular formula is C12H13BrN2. The van der Waals surface area contributed by atoms with Crippen molar-refractivity contribution in [3.8, 4) is 0 Å². The molecule has 1 fully saturated rings. The zero-order valence-corrected chi connectivity index (χ0v) is 10.00. The van der Waals surface area contributed by atoms with E-state index in [2.05, 4.69) is 44.8 Å². The SMILES string of the molecule is NCc1cc2cc(Br)ccc2n1C1CC1. The van der Waals surface area contributed by atoms with Crippen molar-refractivity contribution >= 4 is 26.8 Å². The molecule has 2 N–H and O–H groups in total. The first-order valence-electron chi connectivity index (χ1n) is 5.29. The summed E-state index contributed by atoms with van der Waals surface area (Å²) in [6, 6.07) is 9.34. The second kappa shape index (κ2) is 3.35. The number of benzene rings is 1. The lowest BCUT2D eigenvalue weighted by Crippen LogP contribution is -2.05. The van der Waals surface area contributed by atoms with Gasteiger partial charge in [0.15, 0.2) is 0 Å². The molecule has 0 amide bonds. The smallest absolute Gasteiger partial charge is 0.0486 e. The lowest BCUT2D eigenvalue weighted by Gasteiger charge is -2.07. The lowest BCUT2D eigenvalue weighted by atomic mass is 10.2. The van der Waals surface area contributed by atoms with Gasteiger partial charge in [0.1, 0.15) is 0 Å². The Morgan fingerprint density at radius 2 is 2.13 bits per heavy atom. The van der Waals surface area contributed by atoms with Gasteiger partial charge in [0.05, 0.1) is 0 Å². The summed E-state index contributed by atoms with van der Waals surface area (Å²) in [5, 5.41) is 1.29. The molecule has 3 heteroatoms. The van der Waals surface area contributed by atoms with E-state index < -0.39 is 0 Å². The molecule has 0 bridgehead atoms. The molecule has 1 saturated carbocycles. The van der Waals surface area contributed by atoms with E-state index in [9.17, 15) is 0 Å². The van der Waals surface area contributed by atoms with Gasteiger partial charge in [-0.15, -0.1) is 0 Å². The van der Waals surface area contributed by atoms with Crippen LogP contribution in [-0.4, -0.2) is 4.57 Å². The minimum Gasteiger partial charge on any atom is -0.340 e. The average molecular weight is 265 g/mol. The first kappa shape index (κ1) is 9.43. The van der Waals surface area contributed by atoms with Gasteiger partial charge in [-0.3, -0.25) is 0 Å².